The van der Waals surface area contributed by atoms with Crippen LogP contribution in [0.4, 0.5) is 0 Å². The largest absolute Gasteiger partial charge is 0.481 e. The van der Waals surface area contributed by atoms with Crippen LogP contribution < -0.4 is 0 Å². The summed E-state index contributed by atoms with van der Waals surface area (Å²) in [4.78, 5) is 25.4. The first-order chi connectivity index (χ1) is 10.1. The van der Waals surface area contributed by atoms with Crippen LogP contribution in [0.5, 0.6) is 0 Å². The minimum absolute atomic E-state index is 0.0293. The molecule has 0 radical (unpaired) electrons. The molecule has 1 aliphatic heterocycles. The van der Waals surface area contributed by atoms with Gasteiger partial charge in [-0.2, -0.15) is 5.10 Å². The Bertz CT molecular complexity index is 514. The first kappa shape index (κ1) is 15.5. The summed E-state index contributed by atoms with van der Waals surface area (Å²) >= 11 is 0. The minimum Gasteiger partial charge on any atom is -0.481 e. The molecular weight excluding hydrogens is 274 g/mol. The molecule has 0 saturated carbocycles. The highest BCUT2D eigenvalue weighted by molar-refractivity contribution is 5.81. The Labute approximate surface area is 123 Å². The molecule has 1 fully saturated rings. The highest BCUT2D eigenvalue weighted by Gasteiger charge is 2.41. The molecule has 21 heavy (non-hydrogen) atoms. The lowest BCUT2D eigenvalue weighted by Crippen LogP contribution is -2.47. The summed E-state index contributed by atoms with van der Waals surface area (Å²) in [5.41, 5.74) is 0.772. The van der Waals surface area contributed by atoms with Crippen LogP contribution in [0.2, 0.25) is 0 Å². The van der Waals surface area contributed by atoms with Crippen molar-refractivity contribution in [3.63, 3.8) is 0 Å². The van der Waals surface area contributed by atoms with E-state index in [4.69, 9.17) is 4.74 Å². The third-order valence-electron chi connectivity index (χ3n) is 3.91. The first-order valence-corrected chi connectivity index (χ1v) is 7.13. The number of carbonyl (C=O) groups is 2. The monoisotopic (exact) mass is 295 g/mol. The summed E-state index contributed by atoms with van der Waals surface area (Å²) in [6.07, 6.45) is 2.26. The zero-order chi connectivity index (χ0) is 15.4. The average molecular weight is 295 g/mol. The quantitative estimate of drug-likeness (QED) is 0.843. The van der Waals surface area contributed by atoms with Crippen LogP contribution in [0, 0.1) is 5.92 Å². The number of aryl methyl sites for hydroxylation is 1. The number of carbonyl (C=O) groups excluding carboxylic acids is 1. The van der Waals surface area contributed by atoms with Gasteiger partial charge in [-0.3, -0.25) is 14.3 Å². The van der Waals surface area contributed by atoms with Gasteiger partial charge in [0, 0.05) is 32.8 Å². The SMILES string of the molecule is CCn1nccc1C1C(C(=O)O)CCC(=O)N1CCOC. The number of rotatable bonds is 6. The van der Waals surface area contributed by atoms with E-state index >= 15 is 0 Å². The van der Waals surface area contributed by atoms with Gasteiger partial charge in [-0.1, -0.05) is 0 Å². The molecule has 2 rings (SSSR count). The van der Waals surface area contributed by atoms with Crippen molar-refractivity contribution in [1.29, 1.82) is 0 Å². The topological polar surface area (TPSA) is 84.7 Å². The molecule has 2 atom stereocenters. The third kappa shape index (κ3) is 3.07. The molecule has 0 bridgehead atoms. The van der Waals surface area contributed by atoms with Gasteiger partial charge in [0.25, 0.3) is 0 Å². The predicted octanol–water partition coefficient (Wildman–Crippen LogP) is 0.914. The van der Waals surface area contributed by atoms with Crippen LogP contribution in [0.1, 0.15) is 31.5 Å². The Morgan fingerprint density at radius 3 is 2.95 bits per heavy atom. The van der Waals surface area contributed by atoms with Crippen LogP contribution in [0.15, 0.2) is 12.3 Å². The zero-order valence-electron chi connectivity index (χ0n) is 12.4. The van der Waals surface area contributed by atoms with Gasteiger partial charge in [0.2, 0.25) is 5.91 Å². The fraction of sp³-hybridized carbons (Fsp3) is 0.643. The summed E-state index contributed by atoms with van der Waals surface area (Å²) in [5, 5.41) is 13.7. The highest BCUT2D eigenvalue weighted by atomic mass is 16.5. The number of nitrogens with zero attached hydrogens (tertiary/aromatic N) is 3. The van der Waals surface area contributed by atoms with Gasteiger partial charge in [0.05, 0.1) is 24.3 Å². The Morgan fingerprint density at radius 2 is 2.33 bits per heavy atom. The Morgan fingerprint density at radius 1 is 1.57 bits per heavy atom. The zero-order valence-corrected chi connectivity index (χ0v) is 12.4. The van der Waals surface area contributed by atoms with E-state index < -0.39 is 17.9 Å². The summed E-state index contributed by atoms with van der Waals surface area (Å²) in [7, 11) is 1.56. The summed E-state index contributed by atoms with van der Waals surface area (Å²) in [6, 6.07) is 1.31. The van der Waals surface area contributed by atoms with Gasteiger partial charge in [0.15, 0.2) is 0 Å². The van der Waals surface area contributed by atoms with E-state index in [0.29, 0.717) is 26.1 Å². The highest BCUT2D eigenvalue weighted by Crippen LogP contribution is 2.36. The number of ether oxygens (including phenoxy) is 1. The fourth-order valence-electron chi connectivity index (χ4n) is 2.89. The van der Waals surface area contributed by atoms with Crippen molar-refractivity contribution in [3.05, 3.63) is 18.0 Å². The molecule has 2 heterocycles. The van der Waals surface area contributed by atoms with Crippen molar-refractivity contribution < 1.29 is 19.4 Å². The van der Waals surface area contributed by atoms with Crippen LogP contribution in [-0.2, 0) is 20.9 Å². The number of aromatic nitrogens is 2. The lowest BCUT2D eigenvalue weighted by atomic mass is 9.86. The maximum atomic E-state index is 12.2. The van der Waals surface area contributed by atoms with E-state index in [-0.39, 0.29) is 12.3 Å². The molecular formula is C14H21N3O4. The van der Waals surface area contributed by atoms with Gasteiger partial charge >= 0.3 is 5.97 Å². The minimum atomic E-state index is -0.876. The average Bonchev–Trinajstić information content (AvgIpc) is 2.93. The molecule has 1 aliphatic rings. The number of likely N-dealkylation sites (tertiary alicyclic amines) is 1. The van der Waals surface area contributed by atoms with Crippen LogP contribution in [-0.4, -0.2) is 51.9 Å². The van der Waals surface area contributed by atoms with Gasteiger partial charge < -0.3 is 14.7 Å². The number of amides is 1. The van der Waals surface area contributed by atoms with E-state index in [1.54, 1.807) is 29.0 Å². The molecule has 0 aromatic carbocycles. The summed E-state index contributed by atoms with van der Waals surface area (Å²) in [6.45, 7) is 3.35. The number of methoxy groups -OCH3 is 1. The third-order valence-corrected chi connectivity index (χ3v) is 3.91. The van der Waals surface area contributed by atoms with Gasteiger partial charge in [-0.05, 0) is 19.4 Å². The Hall–Kier alpha value is -1.89. The van der Waals surface area contributed by atoms with Crippen LogP contribution in [0.3, 0.4) is 0 Å². The van der Waals surface area contributed by atoms with Crippen molar-refractivity contribution >= 4 is 11.9 Å². The van der Waals surface area contributed by atoms with E-state index in [9.17, 15) is 14.7 Å². The predicted molar refractivity (Wildman–Crippen MR) is 74.6 cm³/mol. The molecule has 1 N–H and O–H groups in total. The van der Waals surface area contributed by atoms with Gasteiger partial charge in [-0.15, -0.1) is 0 Å². The summed E-state index contributed by atoms with van der Waals surface area (Å²) < 4.78 is 6.80. The normalized spacial score (nSPS) is 22.6. The molecule has 0 aliphatic carbocycles. The number of piperidine rings is 1. The van der Waals surface area contributed by atoms with Crippen LogP contribution in [0.25, 0.3) is 0 Å². The molecule has 0 spiro atoms. The van der Waals surface area contributed by atoms with Crippen molar-refractivity contribution in [1.82, 2.24) is 14.7 Å². The van der Waals surface area contributed by atoms with Crippen molar-refractivity contribution in [3.8, 4) is 0 Å². The smallest absolute Gasteiger partial charge is 0.309 e. The van der Waals surface area contributed by atoms with E-state index in [1.165, 1.54) is 0 Å². The number of hydrogen-bond acceptors (Lipinski definition) is 4. The van der Waals surface area contributed by atoms with E-state index in [1.807, 2.05) is 6.92 Å². The van der Waals surface area contributed by atoms with Gasteiger partial charge in [0.1, 0.15) is 0 Å². The second-order valence-corrected chi connectivity index (χ2v) is 5.08. The molecule has 1 aromatic heterocycles. The number of hydrogen-bond donors (Lipinski definition) is 1. The molecule has 116 valence electrons. The van der Waals surface area contributed by atoms with Crippen molar-refractivity contribution in [2.45, 2.75) is 32.4 Å². The molecule has 7 nitrogen and oxygen atoms in total. The van der Waals surface area contributed by atoms with Gasteiger partial charge in [-0.25, -0.2) is 0 Å². The molecule has 1 saturated heterocycles. The van der Waals surface area contributed by atoms with E-state index in [2.05, 4.69) is 5.10 Å². The second kappa shape index (κ2) is 6.71. The molecule has 1 amide bonds. The number of carboxylic acid groups (broad SMARTS) is 1. The molecule has 1 aromatic rings. The number of carboxylic acids is 1. The standard InChI is InChI=1S/C14H21N3O4/c1-3-17-11(6-7-15-17)13-10(14(19)20)4-5-12(18)16(13)8-9-21-2/h6-7,10,13H,3-5,8-9H2,1-2H3,(H,19,20). The maximum Gasteiger partial charge on any atom is 0.309 e. The fourth-order valence-corrected chi connectivity index (χ4v) is 2.89. The Balaban J connectivity index is 2.38. The molecule has 7 heteroatoms. The summed E-state index contributed by atoms with van der Waals surface area (Å²) in [5.74, 6) is -1.52. The number of aliphatic carboxylic acids is 1. The first-order valence-electron chi connectivity index (χ1n) is 7.13. The van der Waals surface area contributed by atoms with E-state index in [0.717, 1.165) is 5.69 Å². The lowest BCUT2D eigenvalue weighted by molar-refractivity contribution is -0.152. The van der Waals surface area contributed by atoms with Crippen molar-refractivity contribution in [2.75, 3.05) is 20.3 Å². The van der Waals surface area contributed by atoms with Crippen LogP contribution >= 0.6 is 0 Å². The Kier molecular flexibility index (Phi) is 4.95. The maximum absolute atomic E-state index is 12.2. The van der Waals surface area contributed by atoms with Crippen molar-refractivity contribution in [2.24, 2.45) is 5.92 Å². The lowest BCUT2D eigenvalue weighted by Gasteiger charge is -2.39. The second-order valence-electron chi connectivity index (χ2n) is 5.08. The molecule has 2 unspecified atom stereocenters.